The van der Waals surface area contributed by atoms with Crippen LogP contribution in [0.2, 0.25) is 0 Å². The largest absolute Gasteiger partial charge is 0.452 e. The lowest BCUT2D eigenvalue weighted by atomic mass is 9.48. The molecule has 42 heavy (non-hydrogen) atoms. The number of anilines is 1. The van der Waals surface area contributed by atoms with Crippen LogP contribution in [0.15, 0.2) is 71.5 Å². The number of rotatable bonds is 9. The van der Waals surface area contributed by atoms with Crippen LogP contribution in [0.1, 0.15) is 0 Å². The molecule has 1 aliphatic heterocycles. The molecule has 5 aromatic rings. The van der Waals surface area contributed by atoms with Crippen LogP contribution in [0, 0.1) is 0 Å². The van der Waals surface area contributed by atoms with E-state index in [1.165, 1.54) is 0 Å². The minimum Gasteiger partial charge on any atom is -0.452 e. The highest BCUT2D eigenvalue weighted by Crippen LogP contribution is 2.35. The molecule has 4 aromatic heterocycles. The second-order valence-corrected chi connectivity index (χ2v) is 10.2. The van der Waals surface area contributed by atoms with Crippen LogP contribution in [0.4, 0.5) is 5.69 Å². The lowest BCUT2D eigenvalue weighted by Crippen LogP contribution is -2.63. The molecule has 0 aliphatic carbocycles. The molecule has 0 bridgehead atoms. The third-order valence-electron chi connectivity index (χ3n) is 7.03. The van der Waals surface area contributed by atoms with Gasteiger partial charge in [-0.15, -0.1) is 0 Å². The second-order valence-electron chi connectivity index (χ2n) is 10.2. The third kappa shape index (κ3) is 5.91. The summed E-state index contributed by atoms with van der Waals surface area (Å²) in [6.07, 6.45) is 5.26. The maximum absolute atomic E-state index is 9.80. The molecular formula is C27H25B4N7O4. The Hall–Kier alpha value is -3.77. The molecule has 11 nitrogen and oxygen atoms in total. The van der Waals surface area contributed by atoms with E-state index in [-0.39, 0.29) is 13.1 Å². The first kappa shape index (κ1) is 28.4. The summed E-state index contributed by atoms with van der Waals surface area (Å²) in [5, 5.41) is 26.7. The fraction of sp³-hybridized carbons (Fsp3) is 0.296. The molecule has 0 atom stereocenters. The SMILES string of the molecule is [B]C([B])([B])N(CCn1cc(-c2cc3nc(-n4ccc(-c5ccccc5)n4)cc(N4CCOCC4)c3o2)cn1)C([B])(O)O. The highest BCUT2D eigenvalue weighted by Gasteiger charge is 2.33. The van der Waals surface area contributed by atoms with E-state index in [1.54, 1.807) is 21.8 Å². The van der Waals surface area contributed by atoms with E-state index >= 15 is 0 Å². The smallest absolute Gasteiger partial charge is 0.178 e. The summed E-state index contributed by atoms with van der Waals surface area (Å²) in [6, 6.07) is 15.7. The Labute approximate surface area is 247 Å². The first-order chi connectivity index (χ1) is 20.1. The molecule has 15 heteroatoms. The number of ether oxygens (including phenoxy) is 1. The molecule has 0 spiro atoms. The van der Waals surface area contributed by atoms with Crippen LogP contribution in [0.25, 0.3) is 39.5 Å². The number of benzene rings is 1. The third-order valence-corrected chi connectivity index (χ3v) is 7.03. The maximum Gasteiger partial charge on any atom is 0.178 e. The molecule has 1 saturated heterocycles. The van der Waals surface area contributed by atoms with Crippen molar-refractivity contribution in [3.05, 3.63) is 67.1 Å². The molecule has 6 rings (SSSR count). The topological polar surface area (TPSA) is 118 Å². The molecule has 0 saturated carbocycles. The Morgan fingerprint density at radius 3 is 2.45 bits per heavy atom. The van der Waals surface area contributed by atoms with Gasteiger partial charge in [0.2, 0.25) is 0 Å². The quantitative estimate of drug-likeness (QED) is 0.199. The van der Waals surface area contributed by atoms with E-state index in [4.69, 9.17) is 50.6 Å². The van der Waals surface area contributed by atoms with Crippen molar-refractivity contribution in [1.29, 1.82) is 0 Å². The van der Waals surface area contributed by atoms with Crippen LogP contribution in [0.5, 0.6) is 0 Å². The van der Waals surface area contributed by atoms with E-state index in [0.717, 1.165) is 21.8 Å². The second kappa shape index (κ2) is 11.1. The fourth-order valence-electron chi connectivity index (χ4n) is 4.96. The van der Waals surface area contributed by atoms with Gasteiger partial charge in [-0.2, -0.15) is 10.2 Å². The first-order valence-electron chi connectivity index (χ1n) is 13.4. The summed E-state index contributed by atoms with van der Waals surface area (Å²) in [5.74, 6) is -1.61. The normalized spacial score (nSPS) is 14.7. The van der Waals surface area contributed by atoms with Crippen molar-refractivity contribution < 1.29 is 19.4 Å². The number of morpholine rings is 1. The highest BCUT2D eigenvalue weighted by atomic mass is 16.5. The van der Waals surface area contributed by atoms with Gasteiger partial charge in [0.1, 0.15) is 11.3 Å². The number of pyridine rings is 1. The lowest BCUT2D eigenvalue weighted by Gasteiger charge is -2.44. The van der Waals surface area contributed by atoms with Crippen molar-refractivity contribution >= 4 is 48.2 Å². The van der Waals surface area contributed by atoms with Gasteiger partial charge in [0.25, 0.3) is 0 Å². The van der Waals surface area contributed by atoms with Gasteiger partial charge in [-0.1, -0.05) is 35.6 Å². The summed E-state index contributed by atoms with van der Waals surface area (Å²) >= 11 is 0. The van der Waals surface area contributed by atoms with Gasteiger partial charge < -0.3 is 24.3 Å². The van der Waals surface area contributed by atoms with E-state index in [0.29, 0.717) is 54.5 Å². The Balaban J connectivity index is 1.32. The van der Waals surface area contributed by atoms with Crippen LogP contribution in [-0.4, -0.2) is 115 Å². The molecule has 8 radical (unpaired) electrons. The van der Waals surface area contributed by atoms with Crippen molar-refractivity contribution in [2.75, 3.05) is 37.7 Å². The Morgan fingerprint density at radius 2 is 1.74 bits per heavy atom. The van der Waals surface area contributed by atoms with Crippen molar-refractivity contribution in [2.24, 2.45) is 0 Å². The molecular weight excluding hydrogens is 530 g/mol. The molecule has 5 heterocycles. The van der Waals surface area contributed by atoms with E-state index in [1.807, 2.05) is 54.7 Å². The summed E-state index contributed by atoms with van der Waals surface area (Å²) in [6.45, 7) is 2.68. The molecule has 0 amide bonds. The Bertz CT molecular complexity index is 1660. The van der Waals surface area contributed by atoms with Crippen LogP contribution in [-0.2, 0) is 11.3 Å². The zero-order valence-corrected chi connectivity index (χ0v) is 22.7. The number of nitrogens with zero attached hydrogens (tertiary/aromatic N) is 7. The number of hydrogen-bond acceptors (Lipinski definition) is 9. The van der Waals surface area contributed by atoms with Gasteiger partial charge in [0, 0.05) is 49.7 Å². The standard InChI is InChI=1S/C27H25B4N7O4/c28-26(29,30)38(27(31,39)40)9-8-36-17-19(16-32-36)23-14-21-25(42-23)22(35-10-12-41-13-11-35)15-24(33-21)37-7-6-20(34-37)18-4-2-1-3-5-18/h1-7,14-17,39-40H,8-13H2. The molecule has 1 aliphatic rings. The fourth-order valence-corrected chi connectivity index (χ4v) is 4.96. The summed E-state index contributed by atoms with van der Waals surface area (Å²) in [5.41, 5.74) is 4.73. The zero-order valence-electron chi connectivity index (χ0n) is 22.7. The lowest BCUT2D eigenvalue weighted by molar-refractivity contribution is -0.200. The van der Waals surface area contributed by atoms with Crippen LogP contribution in [0.3, 0.4) is 0 Å². The van der Waals surface area contributed by atoms with Gasteiger partial charge in [0.15, 0.2) is 25.1 Å². The maximum atomic E-state index is 9.80. The van der Waals surface area contributed by atoms with Gasteiger partial charge in [-0.3, -0.25) is 9.58 Å². The number of furan rings is 1. The predicted octanol–water partition coefficient (Wildman–Crippen LogP) is 0.564. The summed E-state index contributed by atoms with van der Waals surface area (Å²) in [4.78, 5) is 7.83. The van der Waals surface area contributed by atoms with Gasteiger partial charge >= 0.3 is 0 Å². The van der Waals surface area contributed by atoms with Crippen LogP contribution >= 0.6 is 0 Å². The highest BCUT2D eigenvalue weighted by molar-refractivity contribution is 6.59. The number of fused-ring (bicyclic) bond motifs is 1. The molecule has 1 aromatic carbocycles. The Kier molecular flexibility index (Phi) is 7.52. The monoisotopic (exact) mass is 555 g/mol. The number of hydrogen-bond donors (Lipinski definition) is 2. The first-order valence-corrected chi connectivity index (χ1v) is 13.4. The molecule has 1 fully saturated rings. The summed E-state index contributed by atoms with van der Waals surface area (Å²) in [7, 11) is 22.3. The van der Waals surface area contributed by atoms with Gasteiger partial charge in [-0.05, 0) is 6.07 Å². The van der Waals surface area contributed by atoms with Crippen molar-refractivity contribution in [1.82, 2.24) is 29.4 Å². The van der Waals surface area contributed by atoms with Crippen molar-refractivity contribution in [2.45, 2.75) is 17.6 Å². The van der Waals surface area contributed by atoms with Gasteiger partial charge in [-0.25, -0.2) is 9.67 Å². The number of aromatic nitrogens is 5. The summed E-state index contributed by atoms with van der Waals surface area (Å²) < 4.78 is 15.2. The van der Waals surface area contributed by atoms with Crippen molar-refractivity contribution in [3.63, 3.8) is 0 Å². The molecule has 204 valence electrons. The van der Waals surface area contributed by atoms with E-state index in [9.17, 15) is 10.2 Å². The van der Waals surface area contributed by atoms with Crippen LogP contribution < -0.4 is 4.90 Å². The molecule has 0 unspecified atom stereocenters. The van der Waals surface area contributed by atoms with Crippen molar-refractivity contribution in [3.8, 4) is 28.4 Å². The average Bonchev–Trinajstić information content (AvgIpc) is 3.72. The minimum absolute atomic E-state index is 0.102. The van der Waals surface area contributed by atoms with Gasteiger partial charge in [0.05, 0.1) is 66.4 Å². The number of aliphatic hydroxyl groups is 2. The average molecular weight is 555 g/mol. The predicted molar refractivity (Wildman–Crippen MR) is 160 cm³/mol. The van der Waals surface area contributed by atoms with E-state index in [2.05, 4.69) is 10.00 Å². The zero-order chi connectivity index (χ0) is 29.5. The van der Waals surface area contributed by atoms with E-state index < -0.39 is 11.0 Å². The Morgan fingerprint density at radius 1 is 0.976 bits per heavy atom. The molecule has 2 N–H and O–H groups in total. The minimum atomic E-state index is -2.82.